The molecule has 6 heteroatoms. The SMILES string of the molecule is O=C(O)/C=C/c1ccc(C(=O)NCc2ccoc2)cc1Cl. The number of carbonyl (C=O) groups is 2. The number of hydrogen-bond acceptors (Lipinski definition) is 3. The van der Waals surface area contributed by atoms with Crippen molar-refractivity contribution < 1.29 is 19.1 Å². The largest absolute Gasteiger partial charge is 0.478 e. The van der Waals surface area contributed by atoms with Crippen LogP contribution in [0.3, 0.4) is 0 Å². The molecule has 0 saturated heterocycles. The van der Waals surface area contributed by atoms with Crippen LogP contribution in [0.25, 0.3) is 6.08 Å². The van der Waals surface area contributed by atoms with Crippen molar-refractivity contribution in [3.8, 4) is 0 Å². The Bertz CT molecular complexity index is 677. The number of carbonyl (C=O) groups excluding carboxylic acids is 1. The molecular weight excluding hydrogens is 294 g/mol. The van der Waals surface area contributed by atoms with Crippen LogP contribution >= 0.6 is 11.6 Å². The third-order valence-corrected chi connectivity index (χ3v) is 3.03. The summed E-state index contributed by atoms with van der Waals surface area (Å²) in [4.78, 5) is 22.4. The fourth-order valence-electron chi connectivity index (χ4n) is 1.64. The molecule has 0 fully saturated rings. The van der Waals surface area contributed by atoms with E-state index in [2.05, 4.69) is 5.32 Å². The zero-order valence-corrected chi connectivity index (χ0v) is 11.6. The van der Waals surface area contributed by atoms with Gasteiger partial charge in [-0.15, -0.1) is 0 Å². The predicted molar refractivity (Wildman–Crippen MR) is 78.0 cm³/mol. The fourth-order valence-corrected chi connectivity index (χ4v) is 1.89. The third kappa shape index (κ3) is 4.22. The van der Waals surface area contributed by atoms with E-state index in [1.807, 2.05) is 0 Å². The number of amides is 1. The highest BCUT2D eigenvalue weighted by Crippen LogP contribution is 2.19. The molecule has 0 aliphatic carbocycles. The number of nitrogens with one attached hydrogen (secondary N) is 1. The van der Waals surface area contributed by atoms with E-state index in [0.29, 0.717) is 22.7 Å². The summed E-state index contributed by atoms with van der Waals surface area (Å²) in [5.41, 5.74) is 1.79. The molecule has 0 bridgehead atoms. The molecule has 1 aromatic carbocycles. The Morgan fingerprint density at radius 2 is 2.14 bits per heavy atom. The second-order valence-electron chi connectivity index (χ2n) is 4.22. The molecule has 2 N–H and O–H groups in total. The lowest BCUT2D eigenvalue weighted by atomic mass is 10.1. The molecule has 0 unspecified atom stereocenters. The number of carboxylic acids is 1. The van der Waals surface area contributed by atoms with Gasteiger partial charge in [0.1, 0.15) is 0 Å². The standard InChI is InChI=1S/C15H12ClNO4/c16-13-7-12(2-1-11(13)3-4-14(18)19)15(20)17-8-10-5-6-21-9-10/h1-7,9H,8H2,(H,17,20)(H,18,19)/b4-3+. The first kappa shape index (κ1) is 14.9. The van der Waals surface area contributed by atoms with Crippen molar-refractivity contribution >= 4 is 29.6 Å². The first-order valence-corrected chi connectivity index (χ1v) is 6.44. The van der Waals surface area contributed by atoms with Gasteiger partial charge in [-0.3, -0.25) is 4.79 Å². The Balaban J connectivity index is 2.05. The number of carboxylic acid groups (broad SMARTS) is 1. The molecular formula is C15H12ClNO4. The van der Waals surface area contributed by atoms with E-state index in [1.54, 1.807) is 24.5 Å². The third-order valence-electron chi connectivity index (χ3n) is 2.70. The second-order valence-corrected chi connectivity index (χ2v) is 4.63. The van der Waals surface area contributed by atoms with Gasteiger partial charge >= 0.3 is 5.97 Å². The maximum atomic E-state index is 12.0. The monoisotopic (exact) mass is 305 g/mol. The van der Waals surface area contributed by atoms with Crippen molar-refractivity contribution in [3.05, 3.63) is 64.6 Å². The molecule has 0 aliphatic heterocycles. The Morgan fingerprint density at radius 1 is 1.33 bits per heavy atom. The van der Waals surface area contributed by atoms with Gasteiger partial charge in [-0.05, 0) is 29.8 Å². The average Bonchev–Trinajstić information content (AvgIpc) is 2.96. The molecule has 108 valence electrons. The molecule has 0 saturated carbocycles. The zero-order valence-electron chi connectivity index (χ0n) is 10.9. The lowest BCUT2D eigenvalue weighted by molar-refractivity contribution is -0.131. The van der Waals surface area contributed by atoms with Crippen molar-refractivity contribution in [2.24, 2.45) is 0 Å². The van der Waals surface area contributed by atoms with E-state index in [0.717, 1.165) is 11.6 Å². The van der Waals surface area contributed by atoms with Crippen molar-refractivity contribution in [1.29, 1.82) is 0 Å². The molecule has 0 atom stereocenters. The maximum absolute atomic E-state index is 12.0. The van der Waals surface area contributed by atoms with Crippen LogP contribution in [-0.2, 0) is 11.3 Å². The van der Waals surface area contributed by atoms with Crippen LogP contribution in [0.15, 0.2) is 47.3 Å². The van der Waals surface area contributed by atoms with E-state index in [4.69, 9.17) is 21.1 Å². The number of benzene rings is 1. The van der Waals surface area contributed by atoms with Gasteiger partial charge in [0.15, 0.2) is 0 Å². The average molecular weight is 306 g/mol. The number of furan rings is 1. The summed E-state index contributed by atoms with van der Waals surface area (Å²) in [6.45, 7) is 0.355. The summed E-state index contributed by atoms with van der Waals surface area (Å²) < 4.78 is 4.91. The fraction of sp³-hybridized carbons (Fsp3) is 0.0667. The Kier molecular flexibility index (Phi) is 4.79. The molecule has 1 amide bonds. The van der Waals surface area contributed by atoms with Crippen LogP contribution < -0.4 is 5.32 Å². The minimum atomic E-state index is -1.06. The lowest BCUT2D eigenvalue weighted by Crippen LogP contribution is -2.22. The first-order chi connectivity index (χ1) is 10.1. The highest BCUT2D eigenvalue weighted by molar-refractivity contribution is 6.32. The first-order valence-electron chi connectivity index (χ1n) is 6.06. The normalized spacial score (nSPS) is 10.7. The molecule has 0 spiro atoms. The predicted octanol–water partition coefficient (Wildman–Crippen LogP) is 2.96. The number of halogens is 1. The summed E-state index contributed by atoms with van der Waals surface area (Å²) in [5.74, 6) is -1.33. The van der Waals surface area contributed by atoms with Gasteiger partial charge in [-0.2, -0.15) is 0 Å². The van der Waals surface area contributed by atoms with Crippen molar-refractivity contribution in [2.75, 3.05) is 0 Å². The molecule has 2 rings (SSSR count). The van der Waals surface area contributed by atoms with Crippen LogP contribution in [0.4, 0.5) is 0 Å². The summed E-state index contributed by atoms with van der Waals surface area (Å²) in [6, 6.07) is 6.42. The quantitative estimate of drug-likeness (QED) is 0.832. The van der Waals surface area contributed by atoms with Crippen molar-refractivity contribution in [3.63, 3.8) is 0 Å². The van der Waals surface area contributed by atoms with Gasteiger partial charge in [0.05, 0.1) is 12.5 Å². The second kappa shape index (κ2) is 6.76. The van der Waals surface area contributed by atoms with Gasteiger partial charge < -0.3 is 14.8 Å². The van der Waals surface area contributed by atoms with Crippen LogP contribution in [-0.4, -0.2) is 17.0 Å². The topological polar surface area (TPSA) is 79.5 Å². The van der Waals surface area contributed by atoms with Gasteiger partial charge in [0, 0.05) is 28.8 Å². The number of rotatable bonds is 5. The Labute approximate surface area is 125 Å². The van der Waals surface area contributed by atoms with E-state index < -0.39 is 5.97 Å². The highest BCUT2D eigenvalue weighted by Gasteiger charge is 2.08. The summed E-state index contributed by atoms with van der Waals surface area (Å²) in [7, 11) is 0. The van der Waals surface area contributed by atoms with Crippen LogP contribution in [0.1, 0.15) is 21.5 Å². The number of hydrogen-bond donors (Lipinski definition) is 2. The van der Waals surface area contributed by atoms with E-state index in [1.165, 1.54) is 18.4 Å². The Morgan fingerprint density at radius 3 is 2.76 bits per heavy atom. The van der Waals surface area contributed by atoms with Crippen LogP contribution in [0.5, 0.6) is 0 Å². The molecule has 0 aliphatic rings. The van der Waals surface area contributed by atoms with Crippen molar-refractivity contribution in [1.82, 2.24) is 5.32 Å². The zero-order chi connectivity index (χ0) is 15.2. The minimum Gasteiger partial charge on any atom is -0.478 e. The summed E-state index contributed by atoms with van der Waals surface area (Å²) >= 11 is 6.02. The molecule has 21 heavy (non-hydrogen) atoms. The highest BCUT2D eigenvalue weighted by atomic mass is 35.5. The van der Waals surface area contributed by atoms with Gasteiger partial charge in [-0.25, -0.2) is 4.79 Å². The van der Waals surface area contributed by atoms with Crippen LogP contribution in [0, 0.1) is 0 Å². The summed E-state index contributed by atoms with van der Waals surface area (Å²) in [6.07, 6.45) is 5.44. The van der Waals surface area contributed by atoms with E-state index in [9.17, 15) is 9.59 Å². The number of aliphatic carboxylic acids is 1. The minimum absolute atomic E-state index is 0.271. The van der Waals surface area contributed by atoms with E-state index >= 15 is 0 Å². The maximum Gasteiger partial charge on any atom is 0.328 e. The molecule has 1 aromatic heterocycles. The van der Waals surface area contributed by atoms with Gasteiger partial charge in [0.25, 0.3) is 5.91 Å². The van der Waals surface area contributed by atoms with Gasteiger partial charge in [0.2, 0.25) is 0 Å². The lowest BCUT2D eigenvalue weighted by Gasteiger charge is -2.05. The Hall–Kier alpha value is -2.53. The van der Waals surface area contributed by atoms with Gasteiger partial charge in [-0.1, -0.05) is 17.7 Å². The summed E-state index contributed by atoms with van der Waals surface area (Å²) in [5, 5.41) is 11.6. The smallest absolute Gasteiger partial charge is 0.328 e. The molecule has 1 heterocycles. The van der Waals surface area contributed by atoms with E-state index in [-0.39, 0.29) is 5.91 Å². The molecule has 2 aromatic rings. The molecule has 0 radical (unpaired) electrons. The molecule has 5 nitrogen and oxygen atoms in total. The van der Waals surface area contributed by atoms with Crippen molar-refractivity contribution in [2.45, 2.75) is 6.54 Å². The van der Waals surface area contributed by atoms with Crippen LogP contribution in [0.2, 0.25) is 5.02 Å².